The van der Waals surface area contributed by atoms with Gasteiger partial charge in [0.15, 0.2) is 0 Å². The molecule has 0 bridgehead atoms. The first-order valence-electron chi connectivity index (χ1n) is 7.31. The minimum absolute atomic E-state index is 0.330. The van der Waals surface area contributed by atoms with Crippen molar-refractivity contribution >= 4 is 27.7 Å². The van der Waals surface area contributed by atoms with E-state index in [0.717, 1.165) is 24.0 Å². The number of alkyl carbamates (subject to hydrolysis) is 1. The number of hydrogen-bond acceptors (Lipinski definition) is 3. The number of halogens is 1. The fraction of sp³-hybridized carbons (Fsp3) is 0.562. The Hall–Kier alpha value is -1.23. The van der Waals surface area contributed by atoms with Crippen molar-refractivity contribution in [3.63, 3.8) is 0 Å². The molecule has 1 N–H and O–H groups in total. The monoisotopic (exact) mass is 354 g/mol. The second-order valence-corrected chi connectivity index (χ2v) is 7.38. The van der Waals surface area contributed by atoms with Crippen LogP contribution in [0.15, 0.2) is 28.7 Å². The molecule has 0 unspecified atom stereocenters. The number of nitrogens with zero attached hydrogens (tertiary/aromatic N) is 1. The van der Waals surface area contributed by atoms with E-state index in [1.807, 2.05) is 32.9 Å². The highest BCUT2D eigenvalue weighted by molar-refractivity contribution is 9.10. The lowest BCUT2D eigenvalue weighted by Crippen LogP contribution is -2.36. The van der Waals surface area contributed by atoms with Crippen LogP contribution in [0.25, 0.3) is 0 Å². The van der Waals surface area contributed by atoms with E-state index >= 15 is 0 Å². The number of hydrogen-bond donors (Lipinski definition) is 1. The highest BCUT2D eigenvalue weighted by atomic mass is 79.9. The molecule has 1 heterocycles. The van der Waals surface area contributed by atoms with Gasteiger partial charge in [0.1, 0.15) is 5.60 Å². The maximum atomic E-state index is 11.7. The Morgan fingerprint density at radius 2 is 2.24 bits per heavy atom. The number of rotatable bonds is 3. The molecular formula is C16H23BrN2O2. The molecule has 5 heteroatoms. The van der Waals surface area contributed by atoms with Crippen LogP contribution in [0.4, 0.5) is 10.5 Å². The van der Waals surface area contributed by atoms with Crippen LogP contribution in [0.1, 0.15) is 27.2 Å². The van der Waals surface area contributed by atoms with Crippen LogP contribution < -0.4 is 10.2 Å². The van der Waals surface area contributed by atoms with E-state index in [0.29, 0.717) is 12.5 Å². The standard InChI is InChI=1S/C16H23BrN2O2/c1-16(2,3)21-15(20)18-10-12-7-8-19(11-12)14-6-4-5-13(17)9-14/h4-6,9,12H,7-8,10-11H2,1-3H3,(H,18,20)/t12-/m1/s1. The largest absolute Gasteiger partial charge is 0.444 e. The Kier molecular flexibility index (Phi) is 5.14. The van der Waals surface area contributed by atoms with E-state index < -0.39 is 5.60 Å². The summed E-state index contributed by atoms with van der Waals surface area (Å²) < 4.78 is 6.35. The topological polar surface area (TPSA) is 41.6 Å². The molecule has 1 atom stereocenters. The van der Waals surface area contributed by atoms with Crippen LogP contribution in [0, 0.1) is 5.92 Å². The second-order valence-electron chi connectivity index (χ2n) is 6.46. The average Bonchev–Trinajstić information content (AvgIpc) is 2.83. The Bertz CT molecular complexity index is 499. The van der Waals surface area contributed by atoms with Gasteiger partial charge < -0.3 is 15.0 Å². The van der Waals surface area contributed by atoms with Crippen LogP contribution in [-0.4, -0.2) is 31.3 Å². The summed E-state index contributed by atoms with van der Waals surface area (Å²) in [6.45, 7) is 8.27. The Labute approximate surface area is 135 Å². The molecule has 0 saturated carbocycles. The third-order valence-corrected chi connectivity index (χ3v) is 3.89. The quantitative estimate of drug-likeness (QED) is 0.897. The van der Waals surface area contributed by atoms with Gasteiger partial charge >= 0.3 is 6.09 Å². The van der Waals surface area contributed by atoms with Crippen molar-refractivity contribution in [3.05, 3.63) is 28.7 Å². The summed E-state index contributed by atoms with van der Waals surface area (Å²) in [6.07, 6.45) is 0.755. The van der Waals surface area contributed by atoms with Gasteiger partial charge in [0.05, 0.1) is 0 Å². The molecule has 1 aliphatic heterocycles. The number of carbonyl (C=O) groups excluding carboxylic acids is 1. The summed E-state index contributed by atoms with van der Waals surface area (Å²) in [6, 6.07) is 8.32. The SMILES string of the molecule is CC(C)(C)OC(=O)NC[C@H]1CCN(c2cccc(Br)c2)C1. The maximum absolute atomic E-state index is 11.7. The fourth-order valence-corrected chi connectivity index (χ4v) is 2.84. The lowest BCUT2D eigenvalue weighted by Gasteiger charge is -2.21. The molecule has 116 valence electrons. The molecule has 1 amide bonds. The Morgan fingerprint density at radius 3 is 2.90 bits per heavy atom. The van der Waals surface area contributed by atoms with Crippen LogP contribution in [0.2, 0.25) is 0 Å². The molecule has 4 nitrogen and oxygen atoms in total. The van der Waals surface area contributed by atoms with Crippen LogP contribution in [0.5, 0.6) is 0 Å². The molecule has 1 aromatic carbocycles. The van der Waals surface area contributed by atoms with Crippen molar-refractivity contribution in [2.45, 2.75) is 32.8 Å². The molecule has 1 aromatic rings. The van der Waals surface area contributed by atoms with E-state index in [1.54, 1.807) is 0 Å². The summed E-state index contributed by atoms with van der Waals surface area (Å²) in [5, 5.41) is 2.87. The Balaban J connectivity index is 1.79. The van der Waals surface area contributed by atoms with Crippen LogP contribution >= 0.6 is 15.9 Å². The summed E-state index contributed by atoms with van der Waals surface area (Å²) in [4.78, 5) is 14.0. The fourth-order valence-electron chi connectivity index (χ4n) is 2.45. The zero-order chi connectivity index (χ0) is 15.5. The number of nitrogens with one attached hydrogen (secondary N) is 1. The van der Waals surface area contributed by atoms with Crippen molar-refractivity contribution < 1.29 is 9.53 Å². The first kappa shape index (κ1) is 16.1. The first-order chi connectivity index (χ1) is 9.83. The minimum Gasteiger partial charge on any atom is -0.444 e. The zero-order valence-electron chi connectivity index (χ0n) is 12.9. The third kappa shape index (κ3) is 5.23. The van der Waals surface area contributed by atoms with Gasteiger partial charge in [-0.1, -0.05) is 22.0 Å². The van der Waals surface area contributed by atoms with Gasteiger partial charge in [-0.05, 0) is 51.3 Å². The maximum Gasteiger partial charge on any atom is 0.407 e. The Morgan fingerprint density at radius 1 is 1.48 bits per heavy atom. The lowest BCUT2D eigenvalue weighted by molar-refractivity contribution is 0.0520. The second kappa shape index (κ2) is 6.69. The predicted octanol–water partition coefficient (Wildman–Crippen LogP) is 3.80. The zero-order valence-corrected chi connectivity index (χ0v) is 14.4. The van der Waals surface area contributed by atoms with Gasteiger partial charge in [0.2, 0.25) is 0 Å². The summed E-state index contributed by atoms with van der Waals surface area (Å²) in [7, 11) is 0. The van der Waals surface area contributed by atoms with Crippen LogP contribution in [-0.2, 0) is 4.74 Å². The van der Waals surface area contributed by atoms with E-state index in [9.17, 15) is 4.79 Å². The molecule has 0 radical (unpaired) electrons. The average molecular weight is 355 g/mol. The molecule has 21 heavy (non-hydrogen) atoms. The molecule has 0 spiro atoms. The number of anilines is 1. The lowest BCUT2D eigenvalue weighted by atomic mass is 10.1. The molecular weight excluding hydrogens is 332 g/mol. The summed E-state index contributed by atoms with van der Waals surface area (Å²) >= 11 is 3.50. The number of ether oxygens (including phenoxy) is 1. The van der Waals surface area contributed by atoms with E-state index in [1.165, 1.54) is 5.69 Å². The number of carbonyl (C=O) groups is 1. The highest BCUT2D eigenvalue weighted by Crippen LogP contribution is 2.25. The molecule has 2 rings (SSSR count). The van der Waals surface area contributed by atoms with Gasteiger partial charge in [-0.25, -0.2) is 4.79 Å². The van der Waals surface area contributed by atoms with Crippen molar-refractivity contribution in [2.24, 2.45) is 5.92 Å². The van der Waals surface area contributed by atoms with Crippen molar-refractivity contribution in [2.75, 3.05) is 24.5 Å². The highest BCUT2D eigenvalue weighted by Gasteiger charge is 2.24. The van der Waals surface area contributed by atoms with Gasteiger partial charge in [0.25, 0.3) is 0 Å². The van der Waals surface area contributed by atoms with Crippen molar-refractivity contribution in [1.82, 2.24) is 5.32 Å². The molecule has 1 aliphatic rings. The van der Waals surface area contributed by atoms with Crippen molar-refractivity contribution in [1.29, 1.82) is 0 Å². The molecule has 0 aromatic heterocycles. The summed E-state index contributed by atoms with van der Waals surface area (Å²) in [5.74, 6) is 0.469. The summed E-state index contributed by atoms with van der Waals surface area (Å²) in [5.41, 5.74) is 0.784. The minimum atomic E-state index is -0.442. The predicted molar refractivity (Wildman–Crippen MR) is 88.7 cm³/mol. The molecule has 1 fully saturated rings. The third-order valence-electron chi connectivity index (χ3n) is 3.39. The van der Waals surface area contributed by atoms with E-state index in [2.05, 4.69) is 38.3 Å². The number of benzene rings is 1. The first-order valence-corrected chi connectivity index (χ1v) is 8.10. The smallest absolute Gasteiger partial charge is 0.407 e. The van der Waals surface area contributed by atoms with E-state index in [4.69, 9.17) is 4.74 Å². The van der Waals surface area contributed by atoms with Gasteiger partial charge in [-0.15, -0.1) is 0 Å². The normalized spacial score (nSPS) is 18.7. The number of amides is 1. The van der Waals surface area contributed by atoms with Gasteiger partial charge in [-0.3, -0.25) is 0 Å². The van der Waals surface area contributed by atoms with E-state index in [-0.39, 0.29) is 6.09 Å². The molecule has 1 saturated heterocycles. The van der Waals surface area contributed by atoms with Gasteiger partial charge in [0, 0.05) is 29.8 Å². The molecule has 0 aliphatic carbocycles. The van der Waals surface area contributed by atoms with Gasteiger partial charge in [-0.2, -0.15) is 0 Å². The van der Waals surface area contributed by atoms with Crippen LogP contribution in [0.3, 0.4) is 0 Å². The van der Waals surface area contributed by atoms with Crippen molar-refractivity contribution in [3.8, 4) is 0 Å².